The molecule has 2 heteroatoms. The maximum Gasteiger partial charge on any atom is 0.228 e. The largest absolute Gasteiger partial charge is 0.369 e. The third kappa shape index (κ3) is 1.65. The second-order valence-corrected chi connectivity index (χ2v) is 4.09. The van der Waals surface area contributed by atoms with Crippen LogP contribution in [0.1, 0.15) is 26.3 Å². The molecular formula is C12H17NO. The molecule has 0 aliphatic rings. The summed E-state index contributed by atoms with van der Waals surface area (Å²) >= 11 is 0. The molecule has 0 bridgehead atoms. The van der Waals surface area contributed by atoms with E-state index < -0.39 is 5.41 Å². The Hall–Kier alpha value is -1.31. The Morgan fingerprint density at radius 2 is 1.79 bits per heavy atom. The lowest BCUT2D eigenvalue weighted by Crippen LogP contribution is -2.42. The van der Waals surface area contributed by atoms with E-state index in [0.29, 0.717) is 0 Å². The molecule has 2 nitrogen and oxygen atoms in total. The molecule has 1 aromatic carbocycles. The van der Waals surface area contributed by atoms with E-state index >= 15 is 0 Å². The van der Waals surface area contributed by atoms with Crippen LogP contribution in [0.5, 0.6) is 0 Å². The molecule has 1 unspecified atom stereocenters. The van der Waals surface area contributed by atoms with E-state index in [4.69, 9.17) is 5.73 Å². The van der Waals surface area contributed by atoms with Crippen LogP contribution in [-0.4, -0.2) is 5.91 Å². The Morgan fingerprint density at radius 3 is 2.14 bits per heavy atom. The smallest absolute Gasteiger partial charge is 0.228 e. The molecule has 0 fully saturated rings. The minimum Gasteiger partial charge on any atom is -0.369 e. The minimum atomic E-state index is -0.568. The summed E-state index contributed by atoms with van der Waals surface area (Å²) < 4.78 is 0. The van der Waals surface area contributed by atoms with Crippen LogP contribution in [0.2, 0.25) is 0 Å². The van der Waals surface area contributed by atoms with Crippen molar-refractivity contribution in [3.8, 4) is 0 Å². The van der Waals surface area contributed by atoms with Crippen molar-refractivity contribution in [1.29, 1.82) is 0 Å². The van der Waals surface area contributed by atoms with Crippen molar-refractivity contribution in [2.75, 3.05) is 0 Å². The second kappa shape index (κ2) is 3.82. The molecule has 0 radical (unpaired) electrons. The summed E-state index contributed by atoms with van der Waals surface area (Å²) in [7, 11) is 0. The Labute approximate surface area is 85.1 Å². The molecule has 76 valence electrons. The molecule has 0 aliphatic carbocycles. The zero-order valence-electron chi connectivity index (χ0n) is 8.95. The average Bonchev–Trinajstić information content (AvgIpc) is 2.17. The SMILES string of the molecule is CC(C)C(C)(C(N)=O)c1ccccc1. The number of nitrogens with two attached hydrogens (primary N) is 1. The summed E-state index contributed by atoms with van der Waals surface area (Å²) in [5, 5.41) is 0. The first-order valence-electron chi connectivity index (χ1n) is 4.85. The van der Waals surface area contributed by atoms with E-state index in [1.165, 1.54) is 0 Å². The van der Waals surface area contributed by atoms with Gasteiger partial charge in [-0.3, -0.25) is 4.79 Å². The van der Waals surface area contributed by atoms with Crippen LogP contribution in [0.15, 0.2) is 30.3 Å². The fourth-order valence-electron chi connectivity index (χ4n) is 1.54. The number of benzene rings is 1. The van der Waals surface area contributed by atoms with Crippen LogP contribution in [-0.2, 0) is 10.2 Å². The zero-order chi connectivity index (χ0) is 10.8. The van der Waals surface area contributed by atoms with Crippen LogP contribution in [0.25, 0.3) is 0 Å². The van der Waals surface area contributed by atoms with Crippen LogP contribution in [0, 0.1) is 5.92 Å². The van der Waals surface area contributed by atoms with Crippen molar-refractivity contribution < 1.29 is 4.79 Å². The maximum absolute atomic E-state index is 11.5. The van der Waals surface area contributed by atoms with Gasteiger partial charge in [-0.2, -0.15) is 0 Å². The maximum atomic E-state index is 11.5. The van der Waals surface area contributed by atoms with Gasteiger partial charge in [0.2, 0.25) is 5.91 Å². The van der Waals surface area contributed by atoms with Crippen molar-refractivity contribution >= 4 is 5.91 Å². The number of carbonyl (C=O) groups excluding carboxylic acids is 1. The molecule has 1 amide bonds. The van der Waals surface area contributed by atoms with Gasteiger partial charge >= 0.3 is 0 Å². The zero-order valence-corrected chi connectivity index (χ0v) is 8.95. The highest BCUT2D eigenvalue weighted by atomic mass is 16.1. The molecule has 1 atom stereocenters. The summed E-state index contributed by atoms with van der Waals surface area (Å²) in [6, 6.07) is 9.69. The summed E-state index contributed by atoms with van der Waals surface area (Å²) in [5.41, 5.74) is 5.89. The third-order valence-corrected chi connectivity index (χ3v) is 3.04. The van der Waals surface area contributed by atoms with Gasteiger partial charge in [-0.05, 0) is 18.4 Å². The van der Waals surface area contributed by atoms with Crippen LogP contribution >= 0.6 is 0 Å². The third-order valence-electron chi connectivity index (χ3n) is 3.04. The molecular weight excluding hydrogens is 174 g/mol. The fourth-order valence-corrected chi connectivity index (χ4v) is 1.54. The fraction of sp³-hybridized carbons (Fsp3) is 0.417. The van der Waals surface area contributed by atoms with E-state index in [1.54, 1.807) is 0 Å². The molecule has 1 rings (SSSR count). The molecule has 0 heterocycles. The molecule has 0 aliphatic heterocycles. The topological polar surface area (TPSA) is 43.1 Å². The second-order valence-electron chi connectivity index (χ2n) is 4.09. The van der Waals surface area contributed by atoms with Gasteiger partial charge in [0.15, 0.2) is 0 Å². The van der Waals surface area contributed by atoms with Crippen molar-refractivity contribution in [2.45, 2.75) is 26.2 Å². The number of amides is 1. The molecule has 0 spiro atoms. The van der Waals surface area contributed by atoms with E-state index in [2.05, 4.69) is 0 Å². The summed E-state index contributed by atoms with van der Waals surface area (Å²) in [6.45, 7) is 5.92. The van der Waals surface area contributed by atoms with Crippen molar-refractivity contribution in [1.82, 2.24) is 0 Å². The highest BCUT2D eigenvalue weighted by Gasteiger charge is 2.36. The van der Waals surface area contributed by atoms with E-state index in [9.17, 15) is 4.79 Å². The van der Waals surface area contributed by atoms with Gasteiger partial charge in [0.25, 0.3) is 0 Å². The molecule has 0 aromatic heterocycles. The minimum absolute atomic E-state index is 0.197. The molecule has 0 saturated carbocycles. The van der Waals surface area contributed by atoms with Crippen molar-refractivity contribution in [2.24, 2.45) is 11.7 Å². The molecule has 14 heavy (non-hydrogen) atoms. The van der Waals surface area contributed by atoms with Gasteiger partial charge in [-0.1, -0.05) is 44.2 Å². The highest BCUT2D eigenvalue weighted by molar-refractivity contribution is 5.86. The Bertz CT molecular complexity index is 318. The Morgan fingerprint density at radius 1 is 1.29 bits per heavy atom. The summed E-state index contributed by atoms with van der Waals surface area (Å²) in [5.74, 6) is -0.0684. The standard InChI is InChI=1S/C12H17NO/c1-9(2)12(3,11(13)14)10-7-5-4-6-8-10/h4-9H,1-3H3,(H2,13,14). The van der Waals surface area contributed by atoms with E-state index in [-0.39, 0.29) is 11.8 Å². The Kier molecular flexibility index (Phi) is 2.94. The van der Waals surface area contributed by atoms with E-state index in [0.717, 1.165) is 5.56 Å². The monoisotopic (exact) mass is 191 g/mol. The lowest BCUT2D eigenvalue weighted by Gasteiger charge is -2.30. The van der Waals surface area contributed by atoms with Gasteiger partial charge < -0.3 is 5.73 Å². The molecule has 2 N–H and O–H groups in total. The van der Waals surface area contributed by atoms with E-state index in [1.807, 2.05) is 51.1 Å². The highest BCUT2D eigenvalue weighted by Crippen LogP contribution is 2.31. The van der Waals surface area contributed by atoms with Gasteiger partial charge in [0, 0.05) is 0 Å². The number of primary amides is 1. The number of hydrogen-bond acceptors (Lipinski definition) is 1. The van der Waals surface area contributed by atoms with Crippen molar-refractivity contribution in [3.63, 3.8) is 0 Å². The predicted molar refractivity (Wildman–Crippen MR) is 57.8 cm³/mol. The first-order valence-corrected chi connectivity index (χ1v) is 4.85. The summed E-state index contributed by atoms with van der Waals surface area (Å²) in [6.07, 6.45) is 0. The van der Waals surface area contributed by atoms with Crippen molar-refractivity contribution in [3.05, 3.63) is 35.9 Å². The van der Waals surface area contributed by atoms with Crippen LogP contribution < -0.4 is 5.73 Å². The molecule has 1 aromatic rings. The Balaban J connectivity index is 3.20. The first-order chi connectivity index (χ1) is 6.49. The van der Waals surface area contributed by atoms with Crippen LogP contribution in [0.3, 0.4) is 0 Å². The van der Waals surface area contributed by atoms with Gasteiger partial charge in [-0.15, -0.1) is 0 Å². The predicted octanol–water partition coefficient (Wildman–Crippen LogP) is 2.09. The number of rotatable bonds is 3. The summed E-state index contributed by atoms with van der Waals surface area (Å²) in [4.78, 5) is 11.5. The van der Waals surface area contributed by atoms with Gasteiger partial charge in [0.1, 0.15) is 0 Å². The quantitative estimate of drug-likeness (QED) is 0.781. The number of hydrogen-bond donors (Lipinski definition) is 1. The lowest BCUT2D eigenvalue weighted by atomic mass is 9.73. The van der Waals surface area contributed by atoms with Crippen LogP contribution in [0.4, 0.5) is 0 Å². The average molecular weight is 191 g/mol. The molecule has 0 saturated heterocycles. The number of carbonyl (C=O) groups is 1. The van der Waals surface area contributed by atoms with Gasteiger partial charge in [-0.25, -0.2) is 0 Å². The lowest BCUT2D eigenvalue weighted by molar-refractivity contribution is -0.124. The normalized spacial score (nSPS) is 15.1. The van der Waals surface area contributed by atoms with Gasteiger partial charge in [0.05, 0.1) is 5.41 Å². The first kappa shape index (κ1) is 10.8.